The van der Waals surface area contributed by atoms with Gasteiger partial charge < -0.3 is 15.8 Å². The molecule has 33 heavy (non-hydrogen) atoms. The van der Waals surface area contributed by atoms with Crippen molar-refractivity contribution in [2.45, 2.75) is 6.54 Å². The second-order valence-corrected chi connectivity index (χ2v) is 7.44. The van der Waals surface area contributed by atoms with Crippen molar-refractivity contribution >= 4 is 22.8 Å². The highest BCUT2D eigenvalue weighted by Crippen LogP contribution is 2.33. The predicted molar refractivity (Wildman–Crippen MR) is 127 cm³/mol. The van der Waals surface area contributed by atoms with E-state index in [0.29, 0.717) is 40.7 Å². The van der Waals surface area contributed by atoms with Gasteiger partial charge in [-0.2, -0.15) is 4.98 Å². The number of halogens is 1. The Morgan fingerprint density at radius 3 is 2.36 bits per heavy atom. The first-order valence-corrected chi connectivity index (χ1v) is 10.4. The first-order chi connectivity index (χ1) is 16.1. The number of ether oxygens (including phenoxy) is 1. The van der Waals surface area contributed by atoms with Gasteiger partial charge in [-0.15, -0.1) is 5.10 Å². The average Bonchev–Trinajstić information content (AvgIpc) is 3.19. The van der Waals surface area contributed by atoms with Gasteiger partial charge in [0.05, 0.1) is 23.9 Å². The molecule has 0 fully saturated rings. The molecule has 5 aromatic rings. The van der Waals surface area contributed by atoms with Crippen molar-refractivity contribution in [2.24, 2.45) is 0 Å². The molecule has 0 amide bonds. The summed E-state index contributed by atoms with van der Waals surface area (Å²) in [4.78, 5) is 9.37. The van der Waals surface area contributed by atoms with Gasteiger partial charge in [0.2, 0.25) is 5.95 Å². The lowest BCUT2D eigenvalue weighted by Crippen LogP contribution is -2.05. The number of nitrogens with one attached hydrogen (secondary N) is 1. The smallest absolute Gasteiger partial charge is 0.225 e. The van der Waals surface area contributed by atoms with Crippen molar-refractivity contribution in [3.63, 3.8) is 0 Å². The number of anilines is 2. The van der Waals surface area contributed by atoms with Crippen LogP contribution in [0.2, 0.25) is 0 Å². The summed E-state index contributed by atoms with van der Waals surface area (Å²) >= 11 is 0. The Hall–Kier alpha value is -4.46. The number of hydrogen-bond acceptors (Lipinski definition) is 6. The summed E-state index contributed by atoms with van der Waals surface area (Å²) in [5.74, 6) is 1.21. The van der Waals surface area contributed by atoms with Crippen LogP contribution in [0.3, 0.4) is 0 Å². The lowest BCUT2D eigenvalue weighted by atomic mass is 10.1. The molecule has 5 rings (SSSR count). The second-order valence-electron chi connectivity index (χ2n) is 7.44. The van der Waals surface area contributed by atoms with E-state index >= 15 is 0 Å². The zero-order chi connectivity index (χ0) is 22.8. The SMILES string of the molecule is COc1ccc(-c2nc(NCc3ccccc3)nc3nn(-c4ccc(F)cc4)c(N)c23)cc1. The molecule has 8 heteroatoms. The molecule has 0 saturated carbocycles. The molecule has 0 aliphatic rings. The van der Waals surface area contributed by atoms with E-state index in [9.17, 15) is 4.39 Å². The summed E-state index contributed by atoms with van der Waals surface area (Å²) in [6, 6.07) is 23.5. The van der Waals surface area contributed by atoms with Crippen LogP contribution in [0, 0.1) is 5.82 Å². The van der Waals surface area contributed by atoms with Crippen LogP contribution in [-0.2, 0) is 6.54 Å². The molecule has 0 aliphatic heterocycles. The lowest BCUT2D eigenvalue weighted by Gasteiger charge is -2.09. The molecule has 0 radical (unpaired) electrons. The average molecular weight is 440 g/mol. The van der Waals surface area contributed by atoms with Gasteiger partial charge in [-0.1, -0.05) is 30.3 Å². The van der Waals surface area contributed by atoms with E-state index in [1.54, 1.807) is 23.9 Å². The van der Waals surface area contributed by atoms with Crippen LogP contribution in [0.25, 0.3) is 28.0 Å². The number of nitrogens with zero attached hydrogens (tertiary/aromatic N) is 4. The predicted octanol–water partition coefficient (Wildman–Crippen LogP) is 4.82. The van der Waals surface area contributed by atoms with Crippen molar-refractivity contribution in [3.8, 4) is 22.7 Å². The Balaban J connectivity index is 1.63. The third-order valence-corrected chi connectivity index (χ3v) is 5.30. The van der Waals surface area contributed by atoms with Crippen LogP contribution in [0.1, 0.15) is 5.56 Å². The fourth-order valence-electron chi connectivity index (χ4n) is 3.60. The van der Waals surface area contributed by atoms with E-state index in [-0.39, 0.29) is 5.82 Å². The number of aromatic nitrogens is 4. The monoisotopic (exact) mass is 440 g/mol. The first-order valence-electron chi connectivity index (χ1n) is 10.4. The Bertz CT molecular complexity index is 1400. The number of methoxy groups -OCH3 is 1. The molecule has 0 spiro atoms. The normalized spacial score (nSPS) is 11.0. The van der Waals surface area contributed by atoms with Crippen molar-refractivity contribution in [1.29, 1.82) is 0 Å². The number of fused-ring (bicyclic) bond motifs is 1. The van der Waals surface area contributed by atoms with Gasteiger partial charge >= 0.3 is 0 Å². The summed E-state index contributed by atoms with van der Waals surface area (Å²) in [5.41, 5.74) is 10.2. The maximum absolute atomic E-state index is 13.4. The minimum atomic E-state index is -0.333. The van der Waals surface area contributed by atoms with Crippen molar-refractivity contribution in [2.75, 3.05) is 18.2 Å². The van der Waals surface area contributed by atoms with E-state index in [2.05, 4.69) is 15.4 Å². The number of rotatable bonds is 6. The van der Waals surface area contributed by atoms with Gasteiger partial charge in [-0.05, 0) is 54.1 Å². The molecular weight excluding hydrogens is 419 g/mol. The molecular formula is C25H21FN6O. The van der Waals surface area contributed by atoms with Gasteiger partial charge in [0.25, 0.3) is 0 Å². The molecule has 164 valence electrons. The molecule has 2 aromatic heterocycles. The highest BCUT2D eigenvalue weighted by molar-refractivity contribution is 5.99. The third-order valence-electron chi connectivity index (χ3n) is 5.30. The van der Waals surface area contributed by atoms with Gasteiger partial charge in [-0.25, -0.2) is 14.1 Å². The fourth-order valence-corrected chi connectivity index (χ4v) is 3.60. The third kappa shape index (κ3) is 4.06. The molecule has 0 unspecified atom stereocenters. The highest BCUT2D eigenvalue weighted by atomic mass is 19.1. The van der Waals surface area contributed by atoms with Crippen LogP contribution in [0.4, 0.5) is 16.2 Å². The number of nitrogens with two attached hydrogens (primary N) is 1. The Kier molecular flexibility index (Phi) is 5.32. The fraction of sp³-hybridized carbons (Fsp3) is 0.0800. The van der Waals surface area contributed by atoms with Crippen LogP contribution in [-0.4, -0.2) is 26.9 Å². The zero-order valence-corrected chi connectivity index (χ0v) is 17.9. The Morgan fingerprint density at radius 1 is 0.939 bits per heavy atom. The molecule has 3 N–H and O–H groups in total. The van der Waals surface area contributed by atoms with Gasteiger partial charge in [0, 0.05) is 12.1 Å². The quantitative estimate of drug-likeness (QED) is 0.393. The highest BCUT2D eigenvalue weighted by Gasteiger charge is 2.19. The van der Waals surface area contributed by atoms with E-state index in [0.717, 1.165) is 16.9 Å². The topological polar surface area (TPSA) is 90.9 Å². The summed E-state index contributed by atoms with van der Waals surface area (Å²) in [6.45, 7) is 0.558. The van der Waals surface area contributed by atoms with Crippen molar-refractivity contribution in [1.82, 2.24) is 19.7 Å². The van der Waals surface area contributed by atoms with Gasteiger partial charge in [0.1, 0.15) is 17.4 Å². The van der Waals surface area contributed by atoms with Gasteiger partial charge in [-0.3, -0.25) is 0 Å². The van der Waals surface area contributed by atoms with Crippen molar-refractivity contribution in [3.05, 3.63) is 90.2 Å². The molecule has 7 nitrogen and oxygen atoms in total. The van der Waals surface area contributed by atoms with E-state index in [1.165, 1.54) is 12.1 Å². The minimum absolute atomic E-state index is 0.333. The summed E-state index contributed by atoms with van der Waals surface area (Å²) < 4.78 is 20.3. The van der Waals surface area contributed by atoms with Crippen molar-refractivity contribution < 1.29 is 9.13 Å². The van der Waals surface area contributed by atoms with Crippen LogP contribution in [0.5, 0.6) is 5.75 Å². The van der Waals surface area contributed by atoms with E-state index < -0.39 is 0 Å². The summed E-state index contributed by atoms with van der Waals surface area (Å²) in [5, 5.41) is 8.50. The Morgan fingerprint density at radius 2 is 1.67 bits per heavy atom. The van der Waals surface area contributed by atoms with E-state index in [1.807, 2.05) is 54.6 Å². The number of benzene rings is 3. The number of hydrogen-bond donors (Lipinski definition) is 2. The maximum atomic E-state index is 13.4. The molecule has 0 bridgehead atoms. The Labute approximate surface area is 189 Å². The van der Waals surface area contributed by atoms with E-state index in [4.69, 9.17) is 15.5 Å². The second kappa shape index (κ2) is 8.58. The first kappa shape index (κ1) is 20.4. The molecule has 0 aliphatic carbocycles. The molecule has 0 saturated heterocycles. The zero-order valence-electron chi connectivity index (χ0n) is 17.9. The minimum Gasteiger partial charge on any atom is -0.497 e. The molecule has 2 heterocycles. The standard InChI is InChI=1S/C25H21FN6O/c1-33-20-13-7-17(8-14-20)22-21-23(27)32(19-11-9-18(26)10-12-19)31-24(21)30-25(29-22)28-15-16-5-3-2-4-6-16/h2-14H,15,27H2,1H3,(H,28,30,31). The van der Waals surface area contributed by atoms with Crippen LogP contribution < -0.4 is 15.8 Å². The lowest BCUT2D eigenvalue weighted by molar-refractivity contribution is 0.415. The largest absolute Gasteiger partial charge is 0.497 e. The molecule has 0 atom stereocenters. The number of nitrogen functional groups attached to an aromatic ring is 1. The maximum Gasteiger partial charge on any atom is 0.225 e. The molecule has 3 aromatic carbocycles. The summed E-state index contributed by atoms with van der Waals surface area (Å²) in [6.07, 6.45) is 0. The van der Waals surface area contributed by atoms with Crippen LogP contribution in [0.15, 0.2) is 78.9 Å². The van der Waals surface area contributed by atoms with Crippen LogP contribution >= 0.6 is 0 Å². The van der Waals surface area contributed by atoms with Gasteiger partial charge in [0.15, 0.2) is 5.65 Å². The summed E-state index contributed by atoms with van der Waals surface area (Å²) in [7, 11) is 1.62.